The fourth-order valence-electron chi connectivity index (χ4n) is 1.93. The molecule has 22 heavy (non-hydrogen) atoms. The number of halogens is 1. The van der Waals surface area contributed by atoms with Crippen LogP contribution in [0, 0.1) is 5.82 Å². The lowest BCUT2D eigenvalue weighted by atomic mass is 10.2. The normalized spacial score (nSPS) is 11.9. The van der Waals surface area contributed by atoms with Crippen LogP contribution in [0.1, 0.15) is 20.7 Å². The van der Waals surface area contributed by atoms with Gasteiger partial charge in [0.15, 0.2) is 11.5 Å². The summed E-state index contributed by atoms with van der Waals surface area (Å²) in [6.45, 7) is 0.108. The number of fused-ring (bicyclic) bond motifs is 1. The Morgan fingerprint density at radius 3 is 2.32 bits per heavy atom. The number of rotatable bonds is 2. The van der Waals surface area contributed by atoms with E-state index in [0.717, 1.165) is 6.07 Å². The lowest BCUT2D eigenvalue weighted by Crippen LogP contribution is -2.41. The lowest BCUT2D eigenvalue weighted by molar-refractivity contribution is 0.0846. The second-order valence-electron chi connectivity index (χ2n) is 4.49. The van der Waals surface area contributed by atoms with Crippen LogP contribution >= 0.6 is 0 Å². The zero-order valence-electron chi connectivity index (χ0n) is 11.3. The van der Waals surface area contributed by atoms with Crippen molar-refractivity contribution in [3.63, 3.8) is 0 Å². The molecule has 1 aliphatic heterocycles. The Kier molecular flexibility index (Phi) is 3.61. The Morgan fingerprint density at radius 1 is 0.909 bits per heavy atom. The molecule has 0 atom stereocenters. The summed E-state index contributed by atoms with van der Waals surface area (Å²) >= 11 is 0. The van der Waals surface area contributed by atoms with E-state index in [2.05, 4.69) is 10.9 Å². The Labute approximate surface area is 124 Å². The number of hydrazine groups is 1. The van der Waals surface area contributed by atoms with Gasteiger partial charge < -0.3 is 9.47 Å². The van der Waals surface area contributed by atoms with Gasteiger partial charge in [-0.3, -0.25) is 20.4 Å². The number of hydrogen-bond acceptors (Lipinski definition) is 4. The highest BCUT2D eigenvalue weighted by molar-refractivity contribution is 5.99. The van der Waals surface area contributed by atoms with Crippen LogP contribution in [-0.2, 0) is 0 Å². The van der Waals surface area contributed by atoms with Gasteiger partial charge in [-0.15, -0.1) is 0 Å². The van der Waals surface area contributed by atoms with E-state index < -0.39 is 17.6 Å². The van der Waals surface area contributed by atoms with Crippen LogP contribution in [0.15, 0.2) is 42.5 Å². The second kappa shape index (κ2) is 5.72. The van der Waals surface area contributed by atoms with Crippen molar-refractivity contribution < 1.29 is 23.5 Å². The molecule has 0 fully saturated rings. The molecular weight excluding hydrogens is 291 g/mol. The lowest BCUT2D eigenvalue weighted by Gasteiger charge is -2.08. The first-order valence-corrected chi connectivity index (χ1v) is 6.39. The monoisotopic (exact) mass is 302 g/mol. The molecule has 0 bridgehead atoms. The van der Waals surface area contributed by atoms with E-state index in [1.807, 2.05) is 0 Å². The highest BCUT2D eigenvalue weighted by Gasteiger charge is 2.16. The molecule has 0 saturated heterocycles. The molecular formula is C15H11FN2O4. The van der Waals surface area contributed by atoms with Crippen LogP contribution in [0.5, 0.6) is 11.5 Å². The summed E-state index contributed by atoms with van der Waals surface area (Å²) in [5, 5.41) is 0. The van der Waals surface area contributed by atoms with Gasteiger partial charge in [0, 0.05) is 11.1 Å². The topological polar surface area (TPSA) is 76.7 Å². The molecule has 0 aromatic heterocycles. The van der Waals surface area contributed by atoms with Gasteiger partial charge in [0.05, 0.1) is 0 Å². The van der Waals surface area contributed by atoms with Crippen LogP contribution in [0.2, 0.25) is 0 Å². The van der Waals surface area contributed by atoms with Crippen LogP contribution in [-0.4, -0.2) is 18.6 Å². The molecule has 112 valence electrons. The zero-order valence-corrected chi connectivity index (χ0v) is 11.3. The number of nitrogens with one attached hydrogen (secondary N) is 2. The van der Waals surface area contributed by atoms with E-state index >= 15 is 0 Å². The highest BCUT2D eigenvalue weighted by Crippen LogP contribution is 2.32. The first kappa shape index (κ1) is 13.9. The van der Waals surface area contributed by atoms with E-state index in [9.17, 15) is 14.0 Å². The summed E-state index contributed by atoms with van der Waals surface area (Å²) in [6.07, 6.45) is 0. The summed E-state index contributed by atoms with van der Waals surface area (Å²) in [5.74, 6) is -0.657. The van der Waals surface area contributed by atoms with Crippen LogP contribution in [0.4, 0.5) is 4.39 Å². The van der Waals surface area contributed by atoms with Gasteiger partial charge in [-0.05, 0) is 36.4 Å². The minimum Gasteiger partial charge on any atom is -0.454 e. The van der Waals surface area contributed by atoms with E-state index in [1.54, 1.807) is 6.07 Å². The number of carbonyl (C=O) groups is 2. The van der Waals surface area contributed by atoms with Gasteiger partial charge >= 0.3 is 0 Å². The standard InChI is InChI=1S/C15H11FN2O4/c16-11-3-1-2-9(6-11)14(19)17-18-15(20)10-4-5-12-13(7-10)22-8-21-12/h1-7H,8H2,(H,17,19)(H,18,20). The molecule has 0 spiro atoms. The highest BCUT2D eigenvalue weighted by atomic mass is 19.1. The third-order valence-electron chi connectivity index (χ3n) is 3.01. The van der Waals surface area contributed by atoms with E-state index in [-0.39, 0.29) is 12.4 Å². The third kappa shape index (κ3) is 2.83. The summed E-state index contributed by atoms with van der Waals surface area (Å²) in [7, 11) is 0. The molecule has 2 amide bonds. The molecule has 6 nitrogen and oxygen atoms in total. The molecule has 0 aliphatic carbocycles. The average Bonchev–Trinajstić information content (AvgIpc) is 2.99. The molecule has 0 saturated carbocycles. The maximum absolute atomic E-state index is 13.0. The number of carbonyl (C=O) groups excluding carboxylic acids is 2. The maximum atomic E-state index is 13.0. The molecule has 2 aromatic carbocycles. The summed E-state index contributed by atoms with van der Waals surface area (Å²) in [4.78, 5) is 23.7. The smallest absolute Gasteiger partial charge is 0.269 e. The fourth-order valence-corrected chi connectivity index (χ4v) is 1.93. The van der Waals surface area contributed by atoms with Gasteiger partial charge in [0.25, 0.3) is 11.8 Å². The Hall–Kier alpha value is -3.09. The number of ether oxygens (including phenoxy) is 2. The summed E-state index contributed by atoms with van der Waals surface area (Å²) in [6, 6.07) is 9.79. The van der Waals surface area contributed by atoms with Crippen LogP contribution in [0.25, 0.3) is 0 Å². The molecule has 2 N–H and O–H groups in total. The van der Waals surface area contributed by atoms with Crippen molar-refractivity contribution in [1.82, 2.24) is 10.9 Å². The van der Waals surface area contributed by atoms with Crippen molar-refractivity contribution in [3.05, 3.63) is 59.4 Å². The van der Waals surface area contributed by atoms with Gasteiger partial charge in [-0.25, -0.2) is 4.39 Å². The van der Waals surface area contributed by atoms with Crippen LogP contribution in [0.3, 0.4) is 0 Å². The zero-order chi connectivity index (χ0) is 15.5. The van der Waals surface area contributed by atoms with Gasteiger partial charge in [-0.2, -0.15) is 0 Å². The molecule has 1 aliphatic rings. The quantitative estimate of drug-likeness (QED) is 0.827. The fraction of sp³-hybridized carbons (Fsp3) is 0.0667. The molecule has 0 radical (unpaired) electrons. The molecule has 3 rings (SSSR count). The van der Waals surface area contributed by atoms with E-state index in [1.165, 1.54) is 30.3 Å². The van der Waals surface area contributed by atoms with Crippen molar-refractivity contribution in [2.75, 3.05) is 6.79 Å². The largest absolute Gasteiger partial charge is 0.454 e. The Bertz CT molecular complexity index is 748. The molecule has 1 heterocycles. The summed E-state index contributed by atoms with van der Waals surface area (Å²) in [5.41, 5.74) is 4.86. The average molecular weight is 302 g/mol. The second-order valence-corrected chi connectivity index (χ2v) is 4.49. The third-order valence-corrected chi connectivity index (χ3v) is 3.01. The van der Waals surface area contributed by atoms with Crippen molar-refractivity contribution in [2.24, 2.45) is 0 Å². The van der Waals surface area contributed by atoms with Gasteiger partial charge in [-0.1, -0.05) is 6.07 Å². The number of hydrogen-bond donors (Lipinski definition) is 2. The summed E-state index contributed by atoms with van der Waals surface area (Å²) < 4.78 is 23.3. The minimum absolute atomic E-state index is 0.103. The van der Waals surface area contributed by atoms with Crippen molar-refractivity contribution >= 4 is 11.8 Å². The van der Waals surface area contributed by atoms with Crippen LogP contribution < -0.4 is 20.3 Å². The molecule has 2 aromatic rings. The predicted octanol–water partition coefficient (Wildman–Crippen LogP) is 1.63. The van der Waals surface area contributed by atoms with E-state index in [4.69, 9.17) is 9.47 Å². The first-order chi connectivity index (χ1) is 10.6. The Balaban J connectivity index is 1.64. The predicted molar refractivity (Wildman–Crippen MR) is 73.9 cm³/mol. The van der Waals surface area contributed by atoms with Gasteiger partial charge in [0.1, 0.15) is 5.82 Å². The first-order valence-electron chi connectivity index (χ1n) is 6.39. The number of benzene rings is 2. The maximum Gasteiger partial charge on any atom is 0.269 e. The van der Waals surface area contributed by atoms with Crippen molar-refractivity contribution in [3.8, 4) is 11.5 Å². The van der Waals surface area contributed by atoms with E-state index in [0.29, 0.717) is 17.1 Å². The molecule has 0 unspecified atom stereocenters. The Morgan fingerprint density at radius 2 is 1.59 bits per heavy atom. The number of amides is 2. The van der Waals surface area contributed by atoms with Gasteiger partial charge in [0.2, 0.25) is 6.79 Å². The SMILES string of the molecule is O=C(NNC(=O)c1ccc2c(c1)OCO2)c1cccc(F)c1. The van der Waals surface area contributed by atoms with Crippen molar-refractivity contribution in [2.45, 2.75) is 0 Å². The van der Waals surface area contributed by atoms with Crippen molar-refractivity contribution in [1.29, 1.82) is 0 Å². The minimum atomic E-state index is -0.617. The molecule has 7 heteroatoms.